The van der Waals surface area contributed by atoms with Gasteiger partial charge in [0.05, 0.1) is 19.4 Å². The first-order chi connectivity index (χ1) is 14.0. The summed E-state index contributed by atoms with van der Waals surface area (Å²) in [5.74, 6) is 0. The molecule has 0 amide bonds. The van der Waals surface area contributed by atoms with Gasteiger partial charge >= 0.3 is 15.9 Å². The molecule has 0 aliphatic carbocycles. The van der Waals surface area contributed by atoms with Crippen LogP contribution in [0.3, 0.4) is 0 Å². The summed E-state index contributed by atoms with van der Waals surface area (Å²) in [4.78, 5) is 0. The second-order valence-electron chi connectivity index (χ2n) is 5.73. The van der Waals surface area contributed by atoms with Gasteiger partial charge in [0.2, 0.25) is 0 Å². The fourth-order valence-corrected chi connectivity index (χ4v) is 4.62. The van der Waals surface area contributed by atoms with Crippen molar-refractivity contribution in [3.05, 3.63) is 60.2 Å². The predicted octanol–water partition coefficient (Wildman–Crippen LogP) is 6.84. The Kier molecular flexibility index (Phi) is 12.9. The van der Waals surface area contributed by atoms with Crippen molar-refractivity contribution in [3.63, 3.8) is 0 Å². The zero-order valence-corrected chi connectivity index (χ0v) is 19.4. The van der Waals surface area contributed by atoms with Crippen molar-refractivity contribution < 1.29 is 27.2 Å². The van der Waals surface area contributed by atoms with Gasteiger partial charge < -0.3 is 9.05 Å². The third-order valence-electron chi connectivity index (χ3n) is 3.56. The van der Waals surface area contributed by atoms with Crippen molar-refractivity contribution in [3.8, 4) is 11.1 Å². The number of rotatable bonds is 11. The Hall–Kier alpha value is -1.39. The number of benzene rings is 2. The molecule has 29 heavy (non-hydrogen) atoms. The van der Waals surface area contributed by atoms with Crippen LogP contribution in [0.15, 0.2) is 54.6 Å². The first-order valence-electron chi connectivity index (χ1n) is 9.73. The van der Waals surface area contributed by atoms with E-state index in [2.05, 4.69) is 21.2 Å². The summed E-state index contributed by atoms with van der Waals surface area (Å²) >= 11 is 0. The second kappa shape index (κ2) is 14.6. The van der Waals surface area contributed by atoms with Gasteiger partial charge in [-0.3, -0.25) is 4.57 Å². The third-order valence-corrected chi connectivity index (χ3v) is 6.55. The minimum Gasteiger partial charge on any atom is -0.309 e. The van der Waals surface area contributed by atoms with Crippen molar-refractivity contribution in [2.45, 2.75) is 33.9 Å². The van der Waals surface area contributed by atoms with Crippen molar-refractivity contribution in [2.24, 2.45) is 0 Å². The van der Waals surface area contributed by atoms with Gasteiger partial charge in [-0.1, -0.05) is 54.6 Å². The Labute approximate surface area is 175 Å². The van der Waals surface area contributed by atoms with Crippen LogP contribution in [0.1, 0.15) is 33.3 Å². The van der Waals surface area contributed by atoms with Gasteiger partial charge in [-0.05, 0) is 44.4 Å². The summed E-state index contributed by atoms with van der Waals surface area (Å²) in [7, 11) is -4.86. The summed E-state index contributed by atoms with van der Waals surface area (Å²) in [6.45, 7) is 8.84. The van der Waals surface area contributed by atoms with E-state index in [1.54, 1.807) is 13.8 Å². The lowest BCUT2D eigenvalue weighted by molar-refractivity contribution is 0.219. The van der Waals surface area contributed by atoms with Gasteiger partial charge in [0, 0.05) is 4.57 Å². The largest absolute Gasteiger partial charge is 0.697 e. The molecule has 0 fully saturated rings. The quantitative estimate of drug-likeness (QED) is 0.356. The van der Waals surface area contributed by atoms with Crippen LogP contribution >= 0.6 is 15.9 Å². The summed E-state index contributed by atoms with van der Waals surface area (Å²) < 4.78 is 42.6. The van der Waals surface area contributed by atoms with Crippen LogP contribution in [0.4, 0.5) is 0 Å². The molecule has 6 nitrogen and oxygen atoms in total. The van der Waals surface area contributed by atoms with E-state index in [-0.39, 0.29) is 0 Å². The lowest BCUT2D eigenvalue weighted by Crippen LogP contribution is -1.99. The van der Waals surface area contributed by atoms with Gasteiger partial charge in [-0.2, -0.15) is 0 Å². The fraction of sp³-hybridized carbons (Fsp3) is 0.429. The molecule has 0 saturated carbocycles. The molecule has 0 aromatic heterocycles. The number of hydrogen-bond donors (Lipinski definition) is 0. The summed E-state index contributed by atoms with van der Waals surface area (Å²) in [6, 6.07) is 18.2. The van der Waals surface area contributed by atoms with Crippen LogP contribution < -0.4 is 0 Å². The van der Waals surface area contributed by atoms with Crippen molar-refractivity contribution in [1.29, 1.82) is 0 Å². The lowest BCUT2D eigenvalue weighted by Gasteiger charge is -2.17. The minimum absolute atomic E-state index is 0.309. The molecule has 0 heterocycles. The van der Waals surface area contributed by atoms with Crippen LogP contribution in [0, 0.1) is 0 Å². The highest BCUT2D eigenvalue weighted by Crippen LogP contribution is 2.51. The van der Waals surface area contributed by atoms with E-state index >= 15 is 0 Å². The van der Waals surface area contributed by atoms with Crippen molar-refractivity contribution in [1.82, 2.24) is 0 Å². The Bertz CT molecular complexity index is 732. The first kappa shape index (κ1) is 25.6. The topological polar surface area (TPSA) is 71.1 Å². The van der Waals surface area contributed by atoms with Crippen LogP contribution in [-0.4, -0.2) is 26.4 Å². The van der Waals surface area contributed by atoms with E-state index in [0.29, 0.717) is 32.6 Å². The normalized spacial score (nSPS) is 10.9. The van der Waals surface area contributed by atoms with Crippen LogP contribution in [0.2, 0.25) is 0 Å². The molecule has 0 aliphatic rings. The highest BCUT2D eigenvalue weighted by Gasteiger charge is 2.23. The Morgan fingerprint density at radius 1 is 0.724 bits per heavy atom. The van der Waals surface area contributed by atoms with E-state index in [0.717, 1.165) is 11.1 Å². The molecule has 2 rings (SSSR count). The molecular weight excluding hydrogens is 410 g/mol. The smallest absolute Gasteiger partial charge is 0.309 e. The van der Waals surface area contributed by atoms with Gasteiger partial charge in [0.25, 0.3) is 0 Å². The summed E-state index contributed by atoms with van der Waals surface area (Å²) in [6.07, 6.45) is 0.309. The molecule has 0 spiro atoms. The van der Waals surface area contributed by atoms with Crippen LogP contribution in [0.5, 0.6) is 0 Å². The van der Waals surface area contributed by atoms with Gasteiger partial charge in [-0.25, -0.2) is 0 Å². The van der Waals surface area contributed by atoms with E-state index in [9.17, 15) is 9.13 Å². The monoisotopic (exact) mass is 441 g/mol. The maximum Gasteiger partial charge on any atom is 0.697 e. The predicted molar refractivity (Wildman–Crippen MR) is 117 cm³/mol. The zero-order chi connectivity index (χ0) is 21.5. The summed E-state index contributed by atoms with van der Waals surface area (Å²) in [5.41, 5.74) is 3.27. The Balaban J connectivity index is 0.000000447. The molecular formula is C21H31O6P2+. The molecule has 0 bridgehead atoms. The van der Waals surface area contributed by atoms with Crippen LogP contribution in [0.25, 0.3) is 11.1 Å². The van der Waals surface area contributed by atoms with Gasteiger partial charge in [-0.15, -0.1) is 9.05 Å². The standard InChI is InChI=1S/C17H21O3P.C4H10O3P/c1-3-19-21(18,20-4-2)14-15-10-12-17(13-11-15)16-8-6-5-7-9-16;1-3-6-8(5)7-4-2/h5-13H,3-4,14H2,1-2H3;3-4H2,1-2H3/q;+1. The van der Waals surface area contributed by atoms with E-state index in [1.807, 2.05) is 56.3 Å². The highest BCUT2D eigenvalue weighted by molar-refractivity contribution is 7.53. The SMILES string of the molecule is CCOP(=O)(Cc1ccc(-c2ccccc2)cc1)OCC.CCO[P+](=O)OCC. The van der Waals surface area contributed by atoms with E-state index < -0.39 is 15.9 Å². The molecule has 2 aromatic carbocycles. The van der Waals surface area contributed by atoms with E-state index in [4.69, 9.17) is 9.05 Å². The molecule has 2 aromatic rings. The molecule has 8 heteroatoms. The molecule has 0 N–H and O–H groups in total. The van der Waals surface area contributed by atoms with Gasteiger partial charge in [0.15, 0.2) is 0 Å². The average molecular weight is 441 g/mol. The molecule has 0 saturated heterocycles. The Morgan fingerprint density at radius 2 is 1.21 bits per heavy atom. The zero-order valence-electron chi connectivity index (χ0n) is 17.6. The summed E-state index contributed by atoms with van der Waals surface area (Å²) in [5, 5.41) is 0. The maximum atomic E-state index is 12.5. The molecule has 0 unspecified atom stereocenters. The lowest BCUT2D eigenvalue weighted by atomic mass is 10.0. The fourth-order valence-electron chi connectivity index (χ4n) is 2.43. The first-order valence-corrected chi connectivity index (χ1v) is 12.6. The highest BCUT2D eigenvalue weighted by atomic mass is 31.2. The van der Waals surface area contributed by atoms with Gasteiger partial charge in [0.1, 0.15) is 13.2 Å². The van der Waals surface area contributed by atoms with Crippen molar-refractivity contribution >= 4 is 15.9 Å². The Morgan fingerprint density at radius 3 is 1.66 bits per heavy atom. The molecule has 0 radical (unpaired) electrons. The third kappa shape index (κ3) is 10.3. The minimum atomic E-state index is -3.03. The number of hydrogen-bond acceptors (Lipinski definition) is 6. The molecule has 160 valence electrons. The van der Waals surface area contributed by atoms with Crippen LogP contribution in [-0.2, 0) is 33.4 Å². The van der Waals surface area contributed by atoms with E-state index in [1.165, 1.54) is 5.56 Å². The molecule has 0 aliphatic heterocycles. The average Bonchev–Trinajstić information content (AvgIpc) is 2.70. The molecule has 0 atom stereocenters. The second-order valence-corrected chi connectivity index (χ2v) is 8.74. The van der Waals surface area contributed by atoms with Crippen molar-refractivity contribution in [2.75, 3.05) is 26.4 Å². The maximum absolute atomic E-state index is 12.5.